The van der Waals surface area contributed by atoms with Crippen molar-refractivity contribution in [3.05, 3.63) is 65.2 Å². The summed E-state index contributed by atoms with van der Waals surface area (Å²) in [5, 5.41) is 4.51. The van der Waals surface area contributed by atoms with E-state index < -0.39 is 11.6 Å². The summed E-state index contributed by atoms with van der Waals surface area (Å²) in [7, 11) is 0. The number of carbonyl (C=O) groups is 1. The lowest BCUT2D eigenvalue weighted by molar-refractivity contribution is -0.682. The zero-order valence-electron chi connectivity index (χ0n) is 13.3. The third-order valence-electron chi connectivity index (χ3n) is 3.76. The molecular formula is C18H21F2N2O+. The van der Waals surface area contributed by atoms with Gasteiger partial charge in [0.25, 0.3) is 5.91 Å². The van der Waals surface area contributed by atoms with E-state index in [-0.39, 0.29) is 18.5 Å². The lowest BCUT2D eigenvalue weighted by Crippen LogP contribution is -2.86. The SMILES string of the molecule is CCc1ccc(NC(=O)C[NH2+][C@@H](C)c2ccc(F)cc2F)cc1. The summed E-state index contributed by atoms with van der Waals surface area (Å²) in [6.45, 7) is 4.01. The van der Waals surface area contributed by atoms with Crippen LogP contribution in [0.5, 0.6) is 0 Å². The predicted molar refractivity (Wildman–Crippen MR) is 86.0 cm³/mol. The molecule has 0 aliphatic heterocycles. The maximum absolute atomic E-state index is 13.7. The highest BCUT2D eigenvalue weighted by atomic mass is 19.1. The monoisotopic (exact) mass is 319 g/mol. The minimum Gasteiger partial charge on any atom is -0.332 e. The molecule has 0 saturated carbocycles. The van der Waals surface area contributed by atoms with Crippen LogP contribution < -0.4 is 10.6 Å². The van der Waals surface area contributed by atoms with Gasteiger partial charge in [-0.3, -0.25) is 4.79 Å². The first-order valence-electron chi connectivity index (χ1n) is 7.66. The molecule has 0 bridgehead atoms. The van der Waals surface area contributed by atoms with Gasteiger partial charge in [-0.1, -0.05) is 19.1 Å². The molecule has 0 spiro atoms. The minimum absolute atomic E-state index is 0.160. The summed E-state index contributed by atoms with van der Waals surface area (Å²) in [6.07, 6.45) is 0.947. The van der Waals surface area contributed by atoms with Crippen LogP contribution in [-0.2, 0) is 11.2 Å². The normalized spacial score (nSPS) is 12.0. The number of halogens is 2. The van der Waals surface area contributed by atoms with Crippen molar-refractivity contribution in [2.45, 2.75) is 26.3 Å². The van der Waals surface area contributed by atoms with E-state index in [4.69, 9.17) is 0 Å². The molecule has 0 heterocycles. The smallest absolute Gasteiger partial charge is 0.279 e. The molecule has 0 fully saturated rings. The standard InChI is InChI=1S/C18H20F2N2O/c1-3-13-4-7-15(8-5-13)22-18(23)11-21-12(2)16-9-6-14(19)10-17(16)20/h4-10,12,21H,3,11H2,1-2H3,(H,22,23)/p+1/t12-/m0/s1. The minimum atomic E-state index is -0.605. The fourth-order valence-corrected chi connectivity index (χ4v) is 2.32. The highest BCUT2D eigenvalue weighted by molar-refractivity contribution is 5.91. The maximum atomic E-state index is 13.7. The molecule has 0 unspecified atom stereocenters. The summed E-state index contributed by atoms with van der Waals surface area (Å²) in [4.78, 5) is 11.9. The van der Waals surface area contributed by atoms with E-state index in [0.717, 1.165) is 18.2 Å². The van der Waals surface area contributed by atoms with Gasteiger partial charge < -0.3 is 10.6 Å². The average molecular weight is 319 g/mol. The van der Waals surface area contributed by atoms with Crippen LogP contribution in [0.4, 0.5) is 14.5 Å². The van der Waals surface area contributed by atoms with Gasteiger partial charge in [0, 0.05) is 17.3 Å². The molecule has 2 rings (SSSR count). The Labute approximate surface area is 134 Å². The Morgan fingerprint density at radius 1 is 1.17 bits per heavy atom. The Bertz CT molecular complexity index is 671. The number of nitrogens with two attached hydrogens (primary N) is 1. The molecule has 0 radical (unpaired) electrons. The highest BCUT2D eigenvalue weighted by Crippen LogP contribution is 2.14. The lowest BCUT2D eigenvalue weighted by Gasteiger charge is -2.12. The van der Waals surface area contributed by atoms with Crippen molar-refractivity contribution in [2.75, 3.05) is 11.9 Å². The van der Waals surface area contributed by atoms with Crippen LogP contribution in [0.15, 0.2) is 42.5 Å². The average Bonchev–Trinajstić information content (AvgIpc) is 2.53. The van der Waals surface area contributed by atoms with Gasteiger partial charge in [0.15, 0.2) is 6.54 Å². The first-order chi connectivity index (χ1) is 11.0. The predicted octanol–water partition coefficient (Wildman–Crippen LogP) is 2.79. The molecule has 122 valence electrons. The number of nitrogens with one attached hydrogen (secondary N) is 1. The number of aryl methyl sites for hydroxylation is 1. The third-order valence-corrected chi connectivity index (χ3v) is 3.76. The van der Waals surface area contributed by atoms with Crippen molar-refractivity contribution in [3.63, 3.8) is 0 Å². The zero-order chi connectivity index (χ0) is 16.8. The van der Waals surface area contributed by atoms with Crippen LogP contribution in [0, 0.1) is 11.6 Å². The van der Waals surface area contributed by atoms with Gasteiger partial charge in [-0.2, -0.15) is 0 Å². The van der Waals surface area contributed by atoms with Gasteiger partial charge in [0.05, 0.1) is 0 Å². The first-order valence-corrected chi connectivity index (χ1v) is 7.66. The van der Waals surface area contributed by atoms with Crippen LogP contribution in [0.3, 0.4) is 0 Å². The molecule has 2 aromatic carbocycles. The fraction of sp³-hybridized carbons (Fsp3) is 0.278. The Morgan fingerprint density at radius 2 is 1.87 bits per heavy atom. The number of benzene rings is 2. The molecule has 1 atom stereocenters. The number of anilines is 1. The third kappa shape index (κ3) is 4.86. The largest absolute Gasteiger partial charge is 0.332 e. The van der Waals surface area contributed by atoms with Crippen LogP contribution in [-0.4, -0.2) is 12.5 Å². The fourth-order valence-electron chi connectivity index (χ4n) is 2.32. The van der Waals surface area contributed by atoms with Gasteiger partial charge in [0.1, 0.15) is 17.7 Å². The Kier molecular flexibility index (Phi) is 5.82. The topological polar surface area (TPSA) is 45.7 Å². The van der Waals surface area contributed by atoms with E-state index >= 15 is 0 Å². The van der Waals surface area contributed by atoms with E-state index in [1.54, 1.807) is 12.2 Å². The maximum Gasteiger partial charge on any atom is 0.279 e. The molecular weight excluding hydrogens is 298 g/mol. The Balaban J connectivity index is 1.87. The van der Waals surface area contributed by atoms with Crippen LogP contribution in [0.2, 0.25) is 0 Å². The van der Waals surface area contributed by atoms with Crippen molar-refractivity contribution in [2.24, 2.45) is 0 Å². The van der Waals surface area contributed by atoms with E-state index in [1.807, 2.05) is 24.3 Å². The molecule has 0 aliphatic carbocycles. The van der Waals surface area contributed by atoms with E-state index in [0.29, 0.717) is 5.56 Å². The first kappa shape index (κ1) is 17.1. The summed E-state index contributed by atoms with van der Waals surface area (Å²) in [5.74, 6) is -1.36. The number of quaternary nitrogens is 1. The summed E-state index contributed by atoms with van der Waals surface area (Å²) < 4.78 is 26.6. The number of hydrogen-bond donors (Lipinski definition) is 2. The molecule has 5 heteroatoms. The van der Waals surface area contributed by atoms with Crippen molar-refractivity contribution >= 4 is 11.6 Å². The van der Waals surface area contributed by atoms with Gasteiger partial charge in [-0.15, -0.1) is 0 Å². The summed E-state index contributed by atoms with van der Waals surface area (Å²) >= 11 is 0. The number of amides is 1. The van der Waals surface area contributed by atoms with Crippen molar-refractivity contribution in [3.8, 4) is 0 Å². The quantitative estimate of drug-likeness (QED) is 0.845. The number of carbonyl (C=O) groups excluding carboxylic acids is 1. The molecule has 0 aromatic heterocycles. The summed E-state index contributed by atoms with van der Waals surface area (Å²) in [5.41, 5.74) is 2.32. The van der Waals surface area contributed by atoms with Gasteiger partial charge >= 0.3 is 0 Å². The second-order valence-corrected chi connectivity index (χ2v) is 5.49. The van der Waals surface area contributed by atoms with Crippen molar-refractivity contribution in [1.29, 1.82) is 0 Å². The van der Waals surface area contributed by atoms with E-state index in [2.05, 4.69) is 12.2 Å². The molecule has 3 nitrogen and oxygen atoms in total. The van der Waals surface area contributed by atoms with Gasteiger partial charge in [0.2, 0.25) is 0 Å². The molecule has 1 amide bonds. The van der Waals surface area contributed by atoms with Crippen LogP contribution >= 0.6 is 0 Å². The zero-order valence-corrected chi connectivity index (χ0v) is 13.3. The summed E-state index contributed by atoms with van der Waals surface area (Å²) in [6, 6.07) is 10.9. The molecule has 2 aromatic rings. The molecule has 0 saturated heterocycles. The Hall–Kier alpha value is -2.27. The lowest BCUT2D eigenvalue weighted by atomic mass is 10.1. The van der Waals surface area contributed by atoms with E-state index in [1.165, 1.54) is 17.7 Å². The second kappa shape index (κ2) is 7.83. The van der Waals surface area contributed by atoms with Crippen LogP contribution in [0.25, 0.3) is 0 Å². The number of hydrogen-bond acceptors (Lipinski definition) is 1. The second-order valence-electron chi connectivity index (χ2n) is 5.49. The van der Waals surface area contributed by atoms with E-state index in [9.17, 15) is 13.6 Å². The number of rotatable bonds is 6. The highest BCUT2D eigenvalue weighted by Gasteiger charge is 2.16. The molecule has 0 aliphatic rings. The Morgan fingerprint density at radius 3 is 2.48 bits per heavy atom. The van der Waals surface area contributed by atoms with Crippen LogP contribution in [0.1, 0.15) is 31.0 Å². The van der Waals surface area contributed by atoms with Gasteiger partial charge in [-0.25, -0.2) is 8.78 Å². The van der Waals surface area contributed by atoms with Crippen molar-refractivity contribution in [1.82, 2.24) is 0 Å². The molecule has 23 heavy (non-hydrogen) atoms. The van der Waals surface area contributed by atoms with Crippen molar-refractivity contribution < 1.29 is 18.9 Å². The molecule has 3 N–H and O–H groups in total. The van der Waals surface area contributed by atoms with Gasteiger partial charge in [-0.05, 0) is 43.2 Å².